The number of anilines is 1. The number of pyridine rings is 2. The fourth-order valence-corrected chi connectivity index (χ4v) is 9.27. The van der Waals surface area contributed by atoms with E-state index < -0.39 is 25.8 Å². The number of fused-ring (bicyclic) bond motifs is 3. The van der Waals surface area contributed by atoms with Crippen LogP contribution >= 0.6 is 0 Å². The highest BCUT2D eigenvalue weighted by atomic mass is 32.3. The molecule has 2 aliphatic rings. The van der Waals surface area contributed by atoms with Crippen molar-refractivity contribution in [3.05, 3.63) is 70.8 Å². The normalized spacial score (nSPS) is 19.9. The first-order valence-electron chi connectivity index (χ1n) is 15.6. The standard InChI is InChI=1S/C34H42FN3O6S2/c1-8-24-20-25(44-34(4,5)43-24)16-17-28-31(22-12-14-23(35)15-13-22)27-10-9-11-29-26(33(27)37-32(28)21(2)3)18-19-30(36-29)38(45(6,39)40)46(7,41)42/h12-19,21,24-25H,8-11,20H2,1-7H3/b17-16+/t24-,25+/m0/s1. The number of sulfonamides is 2. The van der Waals surface area contributed by atoms with Gasteiger partial charge in [0.1, 0.15) is 5.82 Å². The van der Waals surface area contributed by atoms with Crippen LogP contribution in [0.2, 0.25) is 0 Å². The van der Waals surface area contributed by atoms with Crippen LogP contribution in [0.1, 0.15) is 82.3 Å². The molecule has 1 aliphatic carbocycles. The number of rotatable bonds is 8. The van der Waals surface area contributed by atoms with Crippen LogP contribution in [0.15, 0.2) is 42.5 Å². The number of hydrogen-bond acceptors (Lipinski definition) is 8. The molecule has 0 spiro atoms. The van der Waals surface area contributed by atoms with Crippen molar-refractivity contribution >= 4 is 31.9 Å². The number of halogens is 1. The Labute approximate surface area is 272 Å². The molecular weight excluding hydrogens is 630 g/mol. The summed E-state index contributed by atoms with van der Waals surface area (Å²) in [5, 5.41) is 0. The van der Waals surface area contributed by atoms with E-state index in [1.165, 1.54) is 18.2 Å². The zero-order valence-corrected chi connectivity index (χ0v) is 29.0. The van der Waals surface area contributed by atoms with Crippen LogP contribution in [0.4, 0.5) is 10.2 Å². The molecule has 0 saturated carbocycles. The molecule has 1 aliphatic heterocycles. The second-order valence-corrected chi connectivity index (χ2v) is 16.7. The minimum Gasteiger partial charge on any atom is -0.347 e. The first-order chi connectivity index (χ1) is 21.5. The van der Waals surface area contributed by atoms with E-state index >= 15 is 0 Å². The molecule has 2 aromatic heterocycles. The Balaban J connectivity index is 1.73. The highest BCUT2D eigenvalue weighted by molar-refractivity contribution is 8.09. The Morgan fingerprint density at radius 1 is 1.00 bits per heavy atom. The second-order valence-electron chi connectivity index (χ2n) is 12.8. The molecule has 1 fully saturated rings. The van der Waals surface area contributed by atoms with Gasteiger partial charge in [0.15, 0.2) is 11.6 Å². The fraction of sp³-hybridized carbons (Fsp3) is 0.471. The molecule has 12 heteroatoms. The predicted molar refractivity (Wildman–Crippen MR) is 179 cm³/mol. The summed E-state index contributed by atoms with van der Waals surface area (Å²) in [4.78, 5) is 9.81. The molecule has 0 N–H and O–H groups in total. The SMILES string of the molecule is CC[C@H]1C[C@@H](/C=C/c2c(C(C)C)nc3c(c2-c2ccc(F)cc2)CCCc2nc(N(S(C)(=O)=O)S(C)(=O)=O)ccc2-3)OC(C)(C)O1. The number of aromatic nitrogens is 2. The Morgan fingerprint density at radius 3 is 2.28 bits per heavy atom. The number of hydrogen-bond donors (Lipinski definition) is 0. The maximum Gasteiger partial charge on any atom is 0.246 e. The van der Waals surface area contributed by atoms with Crippen molar-refractivity contribution in [3.8, 4) is 22.4 Å². The molecule has 3 heterocycles. The van der Waals surface area contributed by atoms with E-state index in [1.807, 2.05) is 13.8 Å². The lowest BCUT2D eigenvalue weighted by molar-refractivity contribution is -0.290. The van der Waals surface area contributed by atoms with Gasteiger partial charge in [-0.1, -0.05) is 45.1 Å². The van der Waals surface area contributed by atoms with Gasteiger partial charge in [0, 0.05) is 17.5 Å². The highest BCUT2D eigenvalue weighted by Gasteiger charge is 2.34. The van der Waals surface area contributed by atoms with Gasteiger partial charge in [-0.25, -0.2) is 26.2 Å². The number of benzene rings is 1. The quantitative estimate of drug-likeness (QED) is 0.263. The molecular formula is C34H42FN3O6S2. The number of ether oxygens (including phenoxy) is 2. The largest absolute Gasteiger partial charge is 0.347 e. The van der Waals surface area contributed by atoms with Crippen LogP contribution in [-0.2, 0) is 42.4 Å². The molecule has 46 heavy (non-hydrogen) atoms. The lowest BCUT2D eigenvalue weighted by atomic mass is 9.86. The smallest absolute Gasteiger partial charge is 0.246 e. The maximum absolute atomic E-state index is 14.2. The summed E-state index contributed by atoms with van der Waals surface area (Å²) in [5.74, 6) is -1.24. The van der Waals surface area contributed by atoms with E-state index in [2.05, 4.69) is 37.9 Å². The summed E-state index contributed by atoms with van der Waals surface area (Å²) < 4.78 is 76.8. The monoisotopic (exact) mass is 671 g/mol. The minimum atomic E-state index is -4.16. The van der Waals surface area contributed by atoms with Crippen LogP contribution in [0.3, 0.4) is 0 Å². The molecule has 0 amide bonds. The van der Waals surface area contributed by atoms with Crippen LogP contribution in [0.25, 0.3) is 28.5 Å². The van der Waals surface area contributed by atoms with Gasteiger partial charge in [-0.2, -0.15) is 0 Å². The Hall–Kier alpha value is -3.19. The zero-order chi connectivity index (χ0) is 33.6. The molecule has 0 unspecified atom stereocenters. The van der Waals surface area contributed by atoms with Crippen LogP contribution < -0.4 is 3.71 Å². The average molecular weight is 672 g/mol. The van der Waals surface area contributed by atoms with Crippen molar-refractivity contribution in [2.24, 2.45) is 0 Å². The minimum absolute atomic E-state index is 0.00415. The van der Waals surface area contributed by atoms with Crippen molar-refractivity contribution in [2.75, 3.05) is 16.2 Å². The first-order valence-corrected chi connectivity index (χ1v) is 19.3. The van der Waals surface area contributed by atoms with Gasteiger partial charge in [-0.3, -0.25) is 4.98 Å². The molecule has 1 aromatic carbocycles. The van der Waals surface area contributed by atoms with E-state index in [4.69, 9.17) is 14.5 Å². The van der Waals surface area contributed by atoms with Crippen molar-refractivity contribution in [1.29, 1.82) is 0 Å². The summed E-state index contributed by atoms with van der Waals surface area (Å²) >= 11 is 0. The summed E-state index contributed by atoms with van der Waals surface area (Å²) in [6.07, 6.45) is 9.07. The van der Waals surface area contributed by atoms with Gasteiger partial charge < -0.3 is 9.47 Å². The third kappa shape index (κ3) is 7.20. The van der Waals surface area contributed by atoms with Crippen LogP contribution in [0.5, 0.6) is 0 Å². The highest BCUT2D eigenvalue weighted by Crippen LogP contribution is 2.42. The van der Waals surface area contributed by atoms with Gasteiger partial charge in [0.2, 0.25) is 20.0 Å². The summed E-state index contributed by atoms with van der Waals surface area (Å²) in [6, 6.07) is 9.56. The molecule has 0 bridgehead atoms. The molecule has 3 aromatic rings. The van der Waals surface area contributed by atoms with E-state index in [0.29, 0.717) is 39.9 Å². The van der Waals surface area contributed by atoms with Crippen molar-refractivity contribution in [2.45, 2.75) is 90.6 Å². The van der Waals surface area contributed by atoms with E-state index in [9.17, 15) is 21.2 Å². The molecule has 9 nitrogen and oxygen atoms in total. The van der Waals surface area contributed by atoms with Crippen LogP contribution in [0, 0.1) is 5.82 Å². The van der Waals surface area contributed by atoms with Gasteiger partial charge in [0.05, 0.1) is 41.8 Å². The van der Waals surface area contributed by atoms with Crippen molar-refractivity contribution in [1.82, 2.24) is 9.97 Å². The first kappa shape index (κ1) is 34.2. The molecule has 0 radical (unpaired) electrons. The van der Waals surface area contributed by atoms with E-state index in [1.54, 1.807) is 18.2 Å². The zero-order valence-electron chi connectivity index (χ0n) is 27.4. The number of nitrogens with zero attached hydrogens (tertiary/aromatic N) is 3. The fourth-order valence-electron chi connectivity index (χ4n) is 6.41. The van der Waals surface area contributed by atoms with Gasteiger partial charge in [-0.15, -0.1) is 3.71 Å². The molecule has 248 valence electrons. The summed E-state index contributed by atoms with van der Waals surface area (Å²) in [7, 11) is -8.32. The van der Waals surface area contributed by atoms with E-state index in [0.717, 1.165) is 53.3 Å². The lowest BCUT2D eigenvalue weighted by Crippen LogP contribution is -2.43. The van der Waals surface area contributed by atoms with Crippen molar-refractivity contribution < 1.29 is 30.7 Å². The number of aryl methyl sites for hydroxylation is 1. The summed E-state index contributed by atoms with van der Waals surface area (Å²) in [6.45, 7) is 10.1. The second kappa shape index (κ2) is 12.8. The molecule has 1 saturated heterocycles. The maximum atomic E-state index is 14.2. The van der Waals surface area contributed by atoms with Gasteiger partial charge >= 0.3 is 0 Å². The Bertz CT molecular complexity index is 1840. The topological polar surface area (TPSA) is 116 Å². The van der Waals surface area contributed by atoms with E-state index in [-0.39, 0.29) is 29.8 Å². The Kier molecular flexibility index (Phi) is 9.49. The molecule has 2 atom stereocenters. The third-order valence-electron chi connectivity index (χ3n) is 8.20. The average Bonchev–Trinajstić information content (AvgIpc) is 3.12. The van der Waals surface area contributed by atoms with Gasteiger partial charge in [0.25, 0.3) is 0 Å². The van der Waals surface area contributed by atoms with Crippen molar-refractivity contribution in [3.63, 3.8) is 0 Å². The Morgan fingerprint density at radius 2 is 1.67 bits per heavy atom. The molecule has 5 rings (SSSR count). The lowest BCUT2D eigenvalue weighted by Gasteiger charge is -2.39. The third-order valence-corrected chi connectivity index (χ3v) is 11.4. The van der Waals surface area contributed by atoms with Gasteiger partial charge in [-0.05, 0) is 86.4 Å². The predicted octanol–water partition coefficient (Wildman–Crippen LogP) is 6.62. The van der Waals surface area contributed by atoms with Crippen LogP contribution in [-0.4, -0.2) is 57.3 Å². The summed E-state index contributed by atoms with van der Waals surface area (Å²) in [5.41, 5.74) is 6.47.